The predicted molar refractivity (Wildman–Crippen MR) is 75.9 cm³/mol. The average Bonchev–Trinajstić information content (AvgIpc) is 2.75. The minimum atomic E-state index is 0.0973. The fourth-order valence-corrected chi connectivity index (χ4v) is 2.83. The van der Waals surface area contributed by atoms with Gasteiger partial charge in [0.05, 0.1) is 0 Å². The molecule has 0 spiro atoms. The molecule has 1 aliphatic heterocycles. The zero-order valence-electron chi connectivity index (χ0n) is 12.3. The minimum absolute atomic E-state index is 0.0973. The second kappa shape index (κ2) is 6.45. The Hall–Kier alpha value is -0.980. The first-order chi connectivity index (χ1) is 9.11. The zero-order valence-corrected chi connectivity index (χ0v) is 12.3. The van der Waals surface area contributed by atoms with E-state index in [1.165, 1.54) is 6.42 Å². The minimum Gasteiger partial charge on any atom is -0.326 e. The van der Waals surface area contributed by atoms with Gasteiger partial charge in [-0.05, 0) is 40.5 Å². The molecule has 2 rings (SSSR count). The molecule has 6 heteroatoms. The van der Waals surface area contributed by atoms with Gasteiger partial charge in [0.2, 0.25) is 0 Å². The molecule has 6 nitrogen and oxygen atoms in total. The summed E-state index contributed by atoms with van der Waals surface area (Å²) in [5, 5.41) is 4.21. The summed E-state index contributed by atoms with van der Waals surface area (Å²) in [7, 11) is 4.35. The standard InChI is InChI=1S/C13H26N6/c1-4-19-13(15-10-16-19)8-11(14)12-9-17(2)6-5-7-18(12)3/h10-12H,4-9,14H2,1-3H3. The summed E-state index contributed by atoms with van der Waals surface area (Å²) in [5.41, 5.74) is 6.44. The summed E-state index contributed by atoms with van der Waals surface area (Å²) in [4.78, 5) is 9.09. The van der Waals surface area contributed by atoms with Crippen LogP contribution >= 0.6 is 0 Å². The van der Waals surface area contributed by atoms with Crippen molar-refractivity contribution in [3.8, 4) is 0 Å². The van der Waals surface area contributed by atoms with Crippen LogP contribution in [0.15, 0.2) is 6.33 Å². The maximum atomic E-state index is 6.44. The SMILES string of the molecule is CCn1ncnc1CC(N)C1CN(C)CCCN1C. The first-order valence-corrected chi connectivity index (χ1v) is 7.12. The lowest BCUT2D eigenvalue weighted by Gasteiger charge is -2.32. The fraction of sp³-hybridized carbons (Fsp3) is 0.846. The summed E-state index contributed by atoms with van der Waals surface area (Å²) in [6.07, 6.45) is 3.62. The third-order valence-corrected chi connectivity index (χ3v) is 4.02. The first-order valence-electron chi connectivity index (χ1n) is 7.12. The van der Waals surface area contributed by atoms with E-state index in [0.29, 0.717) is 6.04 Å². The summed E-state index contributed by atoms with van der Waals surface area (Å²) in [6.45, 7) is 6.22. The molecule has 0 amide bonds. The smallest absolute Gasteiger partial charge is 0.138 e. The third-order valence-electron chi connectivity index (χ3n) is 4.02. The van der Waals surface area contributed by atoms with E-state index < -0.39 is 0 Å². The second-order valence-corrected chi connectivity index (χ2v) is 5.52. The lowest BCUT2D eigenvalue weighted by atomic mass is 10.0. The molecule has 2 heterocycles. The number of nitrogens with zero attached hydrogens (tertiary/aromatic N) is 5. The van der Waals surface area contributed by atoms with E-state index in [0.717, 1.165) is 38.4 Å². The Morgan fingerprint density at radius 2 is 2.21 bits per heavy atom. The Bertz CT molecular complexity index is 390. The number of likely N-dealkylation sites (N-methyl/N-ethyl adjacent to an activating group) is 2. The molecular formula is C13H26N6. The molecule has 1 aromatic rings. The van der Waals surface area contributed by atoms with Crippen molar-refractivity contribution in [2.75, 3.05) is 33.7 Å². The first kappa shape index (κ1) is 14.4. The van der Waals surface area contributed by atoms with Gasteiger partial charge in [-0.2, -0.15) is 5.10 Å². The normalized spacial score (nSPS) is 24.3. The van der Waals surface area contributed by atoms with Gasteiger partial charge in [0.15, 0.2) is 0 Å². The van der Waals surface area contributed by atoms with Crippen molar-refractivity contribution < 1.29 is 0 Å². The van der Waals surface area contributed by atoms with Crippen LogP contribution in [0.25, 0.3) is 0 Å². The van der Waals surface area contributed by atoms with Crippen LogP contribution in [0.5, 0.6) is 0 Å². The number of hydrogen-bond donors (Lipinski definition) is 1. The van der Waals surface area contributed by atoms with Crippen LogP contribution in [-0.2, 0) is 13.0 Å². The Morgan fingerprint density at radius 3 is 2.95 bits per heavy atom. The van der Waals surface area contributed by atoms with Crippen molar-refractivity contribution in [2.24, 2.45) is 5.73 Å². The monoisotopic (exact) mass is 266 g/mol. The zero-order chi connectivity index (χ0) is 13.8. The molecule has 1 fully saturated rings. The highest BCUT2D eigenvalue weighted by atomic mass is 15.3. The van der Waals surface area contributed by atoms with Gasteiger partial charge in [0.1, 0.15) is 12.2 Å². The highest BCUT2D eigenvalue weighted by molar-refractivity contribution is 4.95. The lowest BCUT2D eigenvalue weighted by molar-refractivity contribution is 0.193. The molecule has 1 aromatic heterocycles. The second-order valence-electron chi connectivity index (χ2n) is 5.52. The number of aromatic nitrogens is 3. The van der Waals surface area contributed by atoms with Gasteiger partial charge in [-0.15, -0.1) is 0 Å². The number of nitrogens with two attached hydrogens (primary N) is 1. The number of hydrogen-bond acceptors (Lipinski definition) is 5. The summed E-state index contributed by atoms with van der Waals surface area (Å²) in [5.74, 6) is 0.996. The molecule has 0 aliphatic carbocycles. The molecule has 2 N–H and O–H groups in total. The van der Waals surface area contributed by atoms with Crippen LogP contribution in [0.3, 0.4) is 0 Å². The molecule has 0 radical (unpaired) electrons. The van der Waals surface area contributed by atoms with Gasteiger partial charge in [0.25, 0.3) is 0 Å². The molecule has 0 saturated carbocycles. The van der Waals surface area contributed by atoms with E-state index in [-0.39, 0.29) is 6.04 Å². The largest absolute Gasteiger partial charge is 0.326 e. The Kier molecular flexibility index (Phi) is 4.90. The fourth-order valence-electron chi connectivity index (χ4n) is 2.83. The molecule has 108 valence electrons. The van der Waals surface area contributed by atoms with Crippen molar-refractivity contribution in [1.82, 2.24) is 24.6 Å². The molecule has 2 unspecified atom stereocenters. The van der Waals surface area contributed by atoms with E-state index in [1.807, 2.05) is 4.68 Å². The lowest BCUT2D eigenvalue weighted by Crippen LogP contribution is -2.51. The topological polar surface area (TPSA) is 63.2 Å². The van der Waals surface area contributed by atoms with Gasteiger partial charge in [0, 0.05) is 31.6 Å². The van der Waals surface area contributed by atoms with Crippen molar-refractivity contribution in [1.29, 1.82) is 0 Å². The Labute approximate surface area is 115 Å². The van der Waals surface area contributed by atoms with Crippen LogP contribution in [0.4, 0.5) is 0 Å². The van der Waals surface area contributed by atoms with Crippen molar-refractivity contribution in [3.63, 3.8) is 0 Å². The van der Waals surface area contributed by atoms with Crippen LogP contribution in [0, 0.1) is 0 Å². The van der Waals surface area contributed by atoms with Gasteiger partial charge in [-0.3, -0.25) is 4.68 Å². The van der Waals surface area contributed by atoms with Crippen LogP contribution < -0.4 is 5.73 Å². The van der Waals surface area contributed by atoms with Crippen LogP contribution in [0.1, 0.15) is 19.2 Å². The highest BCUT2D eigenvalue weighted by Crippen LogP contribution is 2.12. The van der Waals surface area contributed by atoms with Gasteiger partial charge < -0.3 is 15.5 Å². The van der Waals surface area contributed by atoms with E-state index in [1.54, 1.807) is 6.33 Å². The number of aryl methyl sites for hydroxylation is 1. The summed E-state index contributed by atoms with van der Waals surface area (Å²) < 4.78 is 1.93. The maximum absolute atomic E-state index is 6.44. The average molecular weight is 266 g/mol. The molecular weight excluding hydrogens is 240 g/mol. The molecule has 1 saturated heterocycles. The van der Waals surface area contributed by atoms with Crippen LogP contribution in [-0.4, -0.2) is 70.4 Å². The van der Waals surface area contributed by atoms with Crippen molar-refractivity contribution >= 4 is 0 Å². The highest BCUT2D eigenvalue weighted by Gasteiger charge is 2.27. The quantitative estimate of drug-likeness (QED) is 0.818. The van der Waals surface area contributed by atoms with Crippen molar-refractivity contribution in [2.45, 2.75) is 38.4 Å². The van der Waals surface area contributed by atoms with Gasteiger partial charge in [-0.1, -0.05) is 0 Å². The van der Waals surface area contributed by atoms with E-state index in [9.17, 15) is 0 Å². The number of rotatable bonds is 4. The van der Waals surface area contributed by atoms with E-state index >= 15 is 0 Å². The van der Waals surface area contributed by atoms with E-state index in [2.05, 4.69) is 40.9 Å². The molecule has 1 aliphatic rings. The Morgan fingerprint density at radius 1 is 1.42 bits per heavy atom. The maximum Gasteiger partial charge on any atom is 0.138 e. The van der Waals surface area contributed by atoms with Crippen molar-refractivity contribution in [3.05, 3.63) is 12.2 Å². The van der Waals surface area contributed by atoms with Gasteiger partial charge >= 0.3 is 0 Å². The molecule has 0 bridgehead atoms. The molecule has 0 aromatic carbocycles. The van der Waals surface area contributed by atoms with E-state index in [4.69, 9.17) is 5.73 Å². The summed E-state index contributed by atoms with van der Waals surface area (Å²) in [6, 6.07) is 0.481. The summed E-state index contributed by atoms with van der Waals surface area (Å²) >= 11 is 0. The van der Waals surface area contributed by atoms with Gasteiger partial charge in [-0.25, -0.2) is 4.98 Å². The molecule has 2 atom stereocenters. The molecule has 19 heavy (non-hydrogen) atoms. The predicted octanol–water partition coefficient (Wildman–Crippen LogP) is -0.196. The third kappa shape index (κ3) is 3.52. The van der Waals surface area contributed by atoms with Crippen LogP contribution in [0.2, 0.25) is 0 Å². The Balaban J connectivity index is 2.03.